The third kappa shape index (κ3) is 16.6. The van der Waals surface area contributed by atoms with Gasteiger partial charge in [-0.3, -0.25) is 14.4 Å². The van der Waals surface area contributed by atoms with Crippen LogP contribution in [0.4, 0.5) is 0 Å². The zero-order valence-electron chi connectivity index (χ0n) is 40.8. The van der Waals surface area contributed by atoms with Gasteiger partial charge in [-0.25, -0.2) is 0 Å². The largest absolute Gasteiger partial charge is 0.459 e. The highest BCUT2D eigenvalue weighted by Gasteiger charge is 2.50. The molecule has 0 amide bonds. The van der Waals surface area contributed by atoms with Crippen molar-refractivity contribution in [3.63, 3.8) is 0 Å². The van der Waals surface area contributed by atoms with E-state index in [1.54, 1.807) is 35.3 Å². The van der Waals surface area contributed by atoms with Crippen LogP contribution in [0.1, 0.15) is 94.9 Å². The standard InChI is InChI=1S/C19H36O6SSi.C16H22O4S.C11H20O5S/c1-10-26-18-12(2)16(23-13(3)20)17(24-14(4)21)15(25-18)11-22-27(8,9)19(5,6)7;1-3-21-16-10(2)13(17)14-12(19-16)9-18-15(20-14)11-7-5-4-6-8-11;1-4-17-11-6(2)10(15-7(3)13)9(14)8(5-12)16-11/h12,15-18H,10-11H2,1-9H3;4-8,10,12-17H,3,9H2,1-2H3;6,8-12,14H,4-5H2,1-3H3/t12?,15?,16-,17-,18+;10?,12?,13-,14-,15?,16+;6?,8?,9-,10-,11+/m111/s1. The average molecular weight is 995 g/mol. The Kier molecular flexibility index (Phi) is 24.1. The summed E-state index contributed by atoms with van der Waals surface area (Å²) in [7, 11) is -2.00. The molecular formula is C46H78O15S3Si. The molecule has 0 radical (unpaired) electrons. The fourth-order valence-corrected chi connectivity index (χ4v) is 11.6. The van der Waals surface area contributed by atoms with Crippen LogP contribution in [0.2, 0.25) is 18.1 Å². The molecule has 1 aromatic carbocycles. The highest BCUT2D eigenvalue weighted by Crippen LogP contribution is 2.41. The van der Waals surface area contributed by atoms with Gasteiger partial charge in [-0.1, -0.05) is 92.6 Å². The lowest BCUT2D eigenvalue weighted by atomic mass is 9.93. The Hall–Kier alpha value is -1.46. The summed E-state index contributed by atoms with van der Waals surface area (Å²) >= 11 is 4.96. The third-order valence-corrected chi connectivity index (χ3v) is 20.3. The molecule has 16 atom stereocenters. The first-order valence-electron chi connectivity index (χ1n) is 22.8. The van der Waals surface area contributed by atoms with Crippen LogP contribution in [-0.2, 0) is 56.7 Å². The molecule has 65 heavy (non-hydrogen) atoms. The van der Waals surface area contributed by atoms with Crippen LogP contribution in [0, 0.1) is 17.8 Å². The fraction of sp³-hybridized carbons (Fsp3) is 0.804. The minimum Gasteiger partial charge on any atom is -0.459 e. The number of fused-ring (bicyclic) bond motifs is 1. The van der Waals surface area contributed by atoms with Crippen molar-refractivity contribution in [3.05, 3.63) is 35.9 Å². The lowest BCUT2D eigenvalue weighted by molar-refractivity contribution is -0.311. The first-order chi connectivity index (χ1) is 30.5. The molecule has 4 aliphatic rings. The molecule has 5 rings (SSSR count). The molecule has 374 valence electrons. The minimum absolute atomic E-state index is 0.00623. The topological polar surface area (TPSA) is 195 Å². The number of esters is 3. The summed E-state index contributed by atoms with van der Waals surface area (Å²) in [6.45, 7) is 27.4. The summed E-state index contributed by atoms with van der Waals surface area (Å²) in [4.78, 5) is 34.4. The van der Waals surface area contributed by atoms with E-state index in [1.165, 1.54) is 20.8 Å². The Morgan fingerprint density at radius 1 is 0.692 bits per heavy atom. The van der Waals surface area contributed by atoms with Crippen molar-refractivity contribution in [1.82, 2.24) is 0 Å². The molecule has 7 unspecified atom stereocenters. The number of carbonyl (C=O) groups is 3. The first kappa shape index (κ1) is 57.9. The van der Waals surface area contributed by atoms with Gasteiger partial charge in [0.2, 0.25) is 0 Å². The van der Waals surface area contributed by atoms with E-state index in [9.17, 15) is 24.6 Å². The van der Waals surface area contributed by atoms with Crippen LogP contribution in [0.25, 0.3) is 0 Å². The number of thioether (sulfide) groups is 3. The van der Waals surface area contributed by atoms with Crippen molar-refractivity contribution in [1.29, 1.82) is 0 Å². The molecule has 3 N–H and O–H groups in total. The van der Waals surface area contributed by atoms with E-state index in [2.05, 4.69) is 47.7 Å². The number of hydrogen-bond acceptors (Lipinski definition) is 18. The number of benzene rings is 1. The lowest BCUT2D eigenvalue weighted by Crippen LogP contribution is -2.58. The summed E-state index contributed by atoms with van der Waals surface area (Å²) in [5.74, 6) is 1.28. The summed E-state index contributed by atoms with van der Waals surface area (Å²) in [5.41, 5.74) is 0.650. The Balaban J connectivity index is 0.000000266. The molecule has 19 heteroatoms. The van der Waals surface area contributed by atoms with Gasteiger partial charge in [-0.05, 0) is 35.4 Å². The third-order valence-electron chi connectivity index (χ3n) is 12.2. The molecule has 0 aromatic heterocycles. The minimum atomic E-state index is -2.00. The number of aliphatic hydroxyl groups excluding tert-OH is 3. The molecule has 0 aliphatic carbocycles. The Morgan fingerprint density at radius 2 is 1.17 bits per heavy atom. The molecule has 4 saturated heterocycles. The maximum absolute atomic E-state index is 11.7. The lowest BCUT2D eigenvalue weighted by Gasteiger charge is -2.47. The van der Waals surface area contributed by atoms with Crippen LogP contribution in [-0.4, -0.2) is 150 Å². The van der Waals surface area contributed by atoms with Gasteiger partial charge >= 0.3 is 17.9 Å². The van der Waals surface area contributed by atoms with Gasteiger partial charge in [0.05, 0.1) is 25.9 Å². The molecule has 0 saturated carbocycles. The van der Waals surface area contributed by atoms with Gasteiger partial charge in [0, 0.05) is 44.1 Å². The van der Waals surface area contributed by atoms with Gasteiger partial charge in [0.1, 0.15) is 59.0 Å². The van der Waals surface area contributed by atoms with Crippen LogP contribution < -0.4 is 0 Å². The number of carbonyl (C=O) groups excluding carboxylic acids is 3. The highest BCUT2D eigenvalue weighted by molar-refractivity contribution is 8.00. The van der Waals surface area contributed by atoms with E-state index in [-0.39, 0.29) is 57.9 Å². The molecule has 0 bridgehead atoms. The van der Waals surface area contributed by atoms with Crippen LogP contribution in [0.3, 0.4) is 0 Å². The summed E-state index contributed by atoms with van der Waals surface area (Å²) in [6, 6.07) is 9.82. The second kappa shape index (κ2) is 27.1. The van der Waals surface area contributed by atoms with Crippen LogP contribution >= 0.6 is 35.3 Å². The Morgan fingerprint density at radius 3 is 1.66 bits per heavy atom. The first-order valence-corrected chi connectivity index (χ1v) is 28.8. The van der Waals surface area contributed by atoms with Gasteiger partial charge in [0.15, 0.2) is 20.7 Å². The number of aliphatic hydroxyl groups is 3. The summed E-state index contributed by atoms with van der Waals surface area (Å²) in [6.07, 6.45) is -5.48. The van der Waals surface area contributed by atoms with Gasteiger partial charge in [-0.15, -0.1) is 35.3 Å². The maximum Gasteiger partial charge on any atom is 0.303 e. The van der Waals surface area contributed by atoms with Crippen LogP contribution in [0.15, 0.2) is 30.3 Å². The number of hydrogen-bond donors (Lipinski definition) is 3. The predicted molar refractivity (Wildman–Crippen MR) is 257 cm³/mol. The fourth-order valence-electron chi connectivity index (χ4n) is 7.53. The van der Waals surface area contributed by atoms with E-state index in [1.807, 2.05) is 58.0 Å². The Labute approximate surface area is 401 Å². The predicted octanol–water partition coefficient (Wildman–Crippen LogP) is 6.95. The molecular weight excluding hydrogens is 917 g/mol. The SMILES string of the molecule is CCS[C@@H]1OC(CO)[C@@H](O)[C@H](OC(C)=O)C1C.CCS[C@@H]1OC(CO[Si](C)(C)C(C)(C)C)[C@@H](OC(C)=O)[C@H](OC(C)=O)C1C.CCS[C@@H]1OC2COC(c3ccccc3)O[C@H]2[C@H](O)C1C. The zero-order chi connectivity index (χ0) is 48.8. The quantitative estimate of drug-likeness (QED) is 0.0984. The van der Waals surface area contributed by atoms with Crippen molar-refractivity contribution >= 4 is 61.5 Å². The molecule has 0 spiro atoms. The average Bonchev–Trinajstić information content (AvgIpc) is 3.24. The molecule has 4 heterocycles. The highest BCUT2D eigenvalue weighted by atomic mass is 32.2. The van der Waals surface area contributed by atoms with E-state index in [0.717, 1.165) is 22.8 Å². The van der Waals surface area contributed by atoms with Crippen molar-refractivity contribution in [3.8, 4) is 0 Å². The smallest absolute Gasteiger partial charge is 0.303 e. The second-order valence-electron chi connectivity index (χ2n) is 18.2. The van der Waals surface area contributed by atoms with Crippen molar-refractivity contribution in [2.45, 2.75) is 179 Å². The number of ether oxygens (including phenoxy) is 8. The van der Waals surface area contributed by atoms with E-state index in [0.29, 0.717) is 13.2 Å². The maximum atomic E-state index is 11.7. The molecule has 15 nitrogen and oxygen atoms in total. The Bertz CT molecular complexity index is 1590. The van der Waals surface area contributed by atoms with Gasteiger partial charge < -0.3 is 57.6 Å². The summed E-state index contributed by atoms with van der Waals surface area (Å²) < 4.78 is 52.2. The van der Waals surface area contributed by atoms with Crippen molar-refractivity contribution in [2.24, 2.45) is 17.8 Å². The number of rotatable bonds is 14. The van der Waals surface area contributed by atoms with Crippen molar-refractivity contribution in [2.75, 3.05) is 37.1 Å². The summed E-state index contributed by atoms with van der Waals surface area (Å²) in [5, 5.41) is 29.7. The molecule has 4 fully saturated rings. The second-order valence-corrected chi connectivity index (χ2v) is 27.1. The normalized spacial score (nSPS) is 34.9. The monoisotopic (exact) mass is 994 g/mol. The molecule has 1 aromatic rings. The van der Waals surface area contributed by atoms with E-state index >= 15 is 0 Å². The van der Waals surface area contributed by atoms with E-state index < -0.39 is 75.2 Å². The molecule has 4 aliphatic heterocycles. The van der Waals surface area contributed by atoms with Crippen LogP contribution in [0.5, 0.6) is 0 Å². The zero-order valence-corrected chi connectivity index (χ0v) is 44.3. The van der Waals surface area contributed by atoms with Gasteiger partial charge in [-0.2, -0.15) is 0 Å². The van der Waals surface area contributed by atoms with E-state index in [4.69, 9.17) is 47.4 Å². The van der Waals surface area contributed by atoms with Gasteiger partial charge in [0.25, 0.3) is 0 Å². The van der Waals surface area contributed by atoms with Crippen molar-refractivity contribution < 1.29 is 72.0 Å².